The molecule has 1 aromatic carbocycles. The van der Waals surface area contributed by atoms with Gasteiger partial charge in [0.15, 0.2) is 11.6 Å². The van der Waals surface area contributed by atoms with Crippen molar-refractivity contribution in [1.29, 1.82) is 0 Å². The number of rotatable bonds is 4. The molecule has 0 saturated heterocycles. The van der Waals surface area contributed by atoms with Gasteiger partial charge in [0.1, 0.15) is 5.82 Å². The Morgan fingerprint density at radius 2 is 1.57 bits per heavy atom. The number of halogens is 2. The van der Waals surface area contributed by atoms with E-state index in [-0.39, 0.29) is 11.3 Å². The number of aromatic nitrogens is 2. The van der Waals surface area contributed by atoms with Crippen molar-refractivity contribution in [1.82, 2.24) is 9.97 Å². The highest BCUT2D eigenvalue weighted by Crippen LogP contribution is 2.34. The molecule has 0 unspecified atom stereocenters. The molecular weight excluding hydrogens is 274 g/mol. The van der Waals surface area contributed by atoms with Crippen molar-refractivity contribution in [2.75, 3.05) is 7.11 Å². The molecule has 2 N–H and O–H groups in total. The lowest BCUT2D eigenvalue weighted by Crippen LogP contribution is -2.08. The zero-order valence-electron chi connectivity index (χ0n) is 11.4. The quantitative estimate of drug-likeness (QED) is 0.753. The Balaban J connectivity index is 2.16. The predicted molar refractivity (Wildman–Crippen MR) is 75.4 cm³/mol. The molecule has 2 aromatic heterocycles. The third kappa shape index (κ3) is 2.42. The van der Waals surface area contributed by atoms with Crippen molar-refractivity contribution in [3.63, 3.8) is 0 Å². The maximum absolute atomic E-state index is 14.4. The SMILES string of the molecule is COc1cc(F)c(C(c2ccc[nH]2)c2ccc[nH]2)cc1F. The summed E-state index contributed by atoms with van der Waals surface area (Å²) in [5, 5.41) is 0. The van der Waals surface area contributed by atoms with Gasteiger partial charge in [-0.25, -0.2) is 8.78 Å². The monoisotopic (exact) mass is 288 g/mol. The standard InChI is InChI=1S/C16H14F2N2O/c1-21-15-9-11(17)10(8-12(15)18)16(13-4-2-6-19-13)14-5-3-7-20-14/h2-9,16,19-20H,1H3. The summed E-state index contributed by atoms with van der Waals surface area (Å²) in [6.07, 6.45) is 3.51. The van der Waals surface area contributed by atoms with Crippen LogP contribution in [-0.2, 0) is 0 Å². The summed E-state index contributed by atoms with van der Waals surface area (Å²) in [6.45, 7) is 0. The van der Waals surface area contributed by atoms with E-state index in [1.54, 1.807) is 12.4 Å². The van der Waals surface area contributed by atoms with Gasteiger partial charge in [0.25, 0.3) is 0 Å². The molecule has 0 fully saturated rings. The van der Waals surface area contributed by atoms with Crippen molar-refractivity contribution in [3.05, 3.63) is 77.4 Å². The van der Waals surface area contributed by atoms with E-state index in [0.29, 0.717) is 0 Å². The van der Waals surface area contributed by atoms with Gasteiger partial charge in [-0.3, -0.25) is 0 Å². The Morgan fingerprint density at radius 1 is 0.952 bits per heavy atom. The van der Waals surface area contributed by atoms with E-state index in [0.717, 1.165) is 17.5 Å². The van der Waals surface area contributed by atoms with E-state index in [9.17, 15) is 8.78 Å². The average Bonchev–Trinajstić information content (AvgIpc) is 3.16. The van der Waals surface area contributed by atoms with Crippen LogP contribution >= 0.6 is 0 Å². The van der Waals surface area contributed by atoms with Gasteiger partial charge in [-0.15, -0.1) is 0 Å². The molecule has 0 spiro atoms. The van der Waals surface area contributed by atoms with Crippen molar-refractivity contribution in [3.8, 4) is 5.75 Å². The Bertz CT molecular complexity index is 687. The molecule has 2 heterocycles. The minimum absolute atomic E-state index is 0.104. The predicted octanol–water partition coefficient (Wildman–Crippen LogP) is 3.81. The summed E-state index contributed by atoms with van der Waals surface area (Å²) in [7, 11) is 1.31. The van der Waals surface area contributed by atoms with Gasteiger partial charge in [-0.1, -0.05) is 0 Å². The van der Waals surface area contributed by atoms with E-state index in [1.807, 2.05) is 24.3 Å². The van der Waals surface area contributed by atoms with Crippen LogP contribution in [0.15, 0.2) is 48.8 Å². The van der Waals surface area contributed by atoms with Gasteiger partial charge in [0.05, 0.1) is 13.0 Å². The van der Waals surface area contributed by atoms with Gasteiger partial charge in [-0.05, 0) is 30.3 Å². The summed E-state index contributed by atoms with van der Waals surface area (Å²) in [4.78, 5) is 6.12. The average molecular weight is 288 g/mol. The number of methoxy groups -OCH3 is 1. The van der Waals surface area contributed by atoms with E-state index >= 15 is 0 Å². The Kier molecular flexibility index (Phi) is 3.48. The van der Waals surface area contributed by atoms with Crippen molar-refractivity contribution >= 4 is 0 Å². The molecule has 0 aliphatic carbocycles. The molecule has 0 saturated carbocycles. The normalized spacial score (nSPS) is 11.0. The Morgan fingerprint density at radius 3 is 2.05 bits per heavy atom. The first-order valence-electron chi connectivity index (χ1n) is 6.50. The zero-order valence-corrected chi connectivity index (χ0v) is 11.4. The van der Waals surface area contributed by atoms with Gasteiger partial charge < -0.3 is 14.7 Å². The molecule has 0 atom stereocenters. The molecule has 0 bridgehead atoms. The highest BCUT2D eigenvalue weighted by atomic mass is 19.1. The third-order valence-corrected chi connectivity index (χ3v) is 3.45. The number of H-pyrrole nitrogens is 2. The fraction of sp³-hybridized carbons (Fsp3) is 0.125. The Labute approximate surface area is 120 Å². The summed E-state index contributed by atoms with van der Waals surface area (Å²) in [5.74, 6) is -1.64. The van der Waals surface area contributed by atoms with E-state index in [2.05, 4.69) is 9.97 Å². The van der Waals surface area contributed by atoms with Crippen LogP contribution in [0, 0.1) is 11.6 Å². The van der Waals surface area contributed by atoms with Crippen LogP contribution in [0.4, 0.5) is 8.78 Å². The van der Waals surface area contributed by atoms with Crippen LogP contribution < -0.4 is 4.74 Å². The maximum atomic E-state index is 14.4. The van der Waals surface area contributed by atoms with Crippen LogP contribution in [-0.4, -0.2) is 17.1 Å². The van der Waals surface area contributed by atoms with Gasteiger partial charge in [0, 0.05) is 35.4 Å². The number of ether oxygens (including phenoxy) is 1. The lowest BCUT2D eigenvalue weighted by molar-refractivity contribution is 0.381. The highest BCUT2D eigenvalue weighted by Gasteiger charge is 2.24. The largest absolute Gasteiger partial charge is 0.494 e. The van der Waals surface area contributed by atoms with E-state index in [1.165, 1.54) is 13.2 Å². The first-order valence-corrected chi connectivity index (χ1v) is 6.50. The van der Waals surface area contributed by atoms with E-state index < -0.39 is 17.6 Å². The summed E-state index contributed by atoms with van der Waals surface area (Å²) in [5.41, 5.74) is 1.81. The van der Waals surface area contributed by atoms with Gasteiger partial charge in [-0.2, -0.15) is 0 Å². The fourth-order valence-electron chi connectivity index (χ4n) is 2.47. The summed E-state index contributed by atoms with van der Waals surface area (Å²) >= 11 is 0. The second-order valence-corrected chi connectivity index (χ2v) is 4.69. The molecule has 3 rings (SSSR count). The summed E-state index contributed by atoms with van der Waals surface area (Å²) < 4.78 is 33.1. The molecule has 3 aromatic rings. The topological polar surface area (TPSA) is 40.8 Å². The number of hydrogen-bond donors (Lipinski definition) is 2. The molecule has 0 aliphatic rings. The van der Waals surface area contributed by atoms with Crippen LogP contribution in [0.2, 0.25) is 0 Å². The molecule has 5 heteroatoms. The first kappa shape index (κ1) is 13.4. The van der Waals surface area contributed by atoms with E-state index in [4.69, 9.17) is 4.74 Å². The van der Waals surface area contributed by atoms with Crippen molar-refractivity contribution in [2.45, 2.75) is 5.92 Å². The third-order valence-electron chi connectivity index (χ3n) is 3.45. The summed E-state index contributed by atoms with van der Waals surface area (Å²) in [6, 6.07) is 9.58. The van der Waals surface area contributed by atoms with Crippen molar-refractivity contribution in [2.24, 2.45) is 0 Å². The maximum Gasteiger partial charge on any atom is 0.165 e. The molecule has 0 radical (unpaired) electrons. The van der Waals surface area contributed by atoms with Crippen LogP contribution in [0.5, 0.6) is 5.75 Å². The fourth-order valence-corrected chi connectivity index (χ4v) is 2.47. The van der Waals surface area contributed by atoms with Crippen molar-refractivity contribution < 1.29 is 13.5 Å². The van der Waals surface area contributed by atoms with Crippen LogP contribution in [0.1, 0.15) is 22.9 Å². The Hall–Kier alpha value is -2.56. The van der Waals surface area contributed by atoms with Crippen LogP contribution in [0.25, 0.3) is 0 Å². The molecule has 21 heavy (non-hydrogen) atoms. The second-order valence-electron chi connectivity index (χ2n) is 4.69. The second kappa shape index (κ2) is 5.44. The molecule has 0 amide bonds. The number of hydrogen-bond acceptors (Lipinski definition) is 1. The first-order chi connectivity index (χ1) is 10.2. The van der Waals surface area contributed by atoms with Gasteiger partial charge in [0.2, 0.25) is 0 Å². The highest BCUT2D eigenvalue weighted by molar-refractivity contribution is 5.42. The lowest BCUT2D eigenvalue weighted by Gasteiger charge is -2.17. The number of aromatic amines is 2. The molecular formula is C16H14F2N2O. The lowest BCUT2D eigenvalue weighted by atomic mass is 9.92. The smallest absolute Gasteiger partial charge is 0.165 e. The number of nitrogens with one attached hydrogen (secondary N) is 2. The number of benzene rings is 1. The molecule has 3 nitrogen and oxygen atoms in total. The minimum atomic E-state index is -0.586. The zero-order chi connectivity index (χ0) is 14.8. The van der Waals surface area contributed by atoms with Gasteiger partial charge >= 0.3 is 0 Å². The van der Waals surface area contributed by atoms with Crippen LogP contribution in [0.3, 0.4) is 0 Å². The molecule has 108 valence electrons. The minimum Gasteiger partial charge on any atom is -0.494 e. The molecule has 0 aliphatic heterocycles.